The molecule has 1 aromatic heterocycles. The monoisotopic (exact) mass is 372 g/mol. The first kappa shape index (κ1) is 17.3. The van der Waals surface area contributed by atoms with Crippen LogP contribution in [0.1, 0.15) is 54.0 Å². The van der Waals surface area contributed by atoms with Crippen LogP contribution in [0.15, 0.2) is 10.5 Å². The van der Waals surface area contributed by atoms with Gasteiger partial charge in [-0.1, -0.05) is 6.42 Å². The minimum atomic E-state index is -0.165. The van der Waals surface area contributed by atoms with E-state index in [2.05, 4.69) is 10.2 Å². The van der Waals surface area contributed by atoms with Crippen molar-refractivity contribution in [2.75, 3.05) is 19.6 Å². The van der Waals surface area contributed by atoms with Crippen LogP contribution in [-0.4, -0.2) is 48.1 Å². The third-order valence-electron chi connectivity index (χ3n) is 7.33. The highest BCUT2D eigenvalue weighted by Gasteiger charge is 2.63. The molecule has 1 aliphatic carbocycles. The molecule has 1 spiro atoms. The van der Waals surface area contributed by atoms with E-state index in [0.717, 1.165) is 44.5 Å². The van der Waals surface area contributed by atoms with Crippen LogP contribution in [0.4, 0.5) is 0 Å². The fraction of sp³-hybridized carbons (Fsp3) is 0.714. The van der Waals surface area contributed by atoms with Gasteiger partial charge in [-0.05, 0) is 45.6 Å². The Morgan fingerprint density at radius 1 is 1.30 bits per heavy atom. The van der Waals surface area contributed by atoms with E-state index in [1.807, 2.05) is 13.8 Å². The van der Waals surface area contributed by atoms with Gasteiger partial charge in [0.05, 0.1) is 23.8 Å². The number of hydrogen-bond acceptors (Lipinski definition) is 4. The molecule has 4 atom stereocenters. The van der Waals surface area contributed by atoms with Crippen molar-refractivity contribution >= 4 is 11.8 Å². The summed E-state index contributed by atoms with van der Waals surface area (Å²) in [4.78, 5) is 27.3. The maximum Gasteiger partial charge on any atom is 0.254 e. The maximum atomic E-state index is 12.7. The molecule has 3 saturated heterocycles. The Morgan fingerprint density at radius 2 is 2.11 bits per heavy atom. The lowest BCUT2D eigenvalue weighted by Crippen LogP contribution is -2.41. The van der Waals surface area contributed by atoms with Gasteiger partial charge in [-0.15, -0.1) is 0 Å². The Bertz CT molecular complexity index is 783. The molecule has 6 nitrogen and oxygen atoms in total. The minimum Gasteiger partial charge on any atom is -0.466 e. The summed E-state index contributed by atoms with van der Waals surface area (Å²) in [6.45, 7) is 5.80. The molecule has 4 aliphatic rings. The number of rotatable bonds is 4. The Labute approximate surface area is 159 Å². The number of furan rings is 1. The molecule has 0 radical (unpaired) electrons. The Hall–Kier alpha value is -1.82. The lowest BCUT2D eigenvalue weighted by Gasteiger charge is -2.30. The molecular formula is C21H28N2O4. The highest BCUT2D eigenvalue weighted by atomic mass is 16.5. The average Bonchev–Trinajstić information content (AvgIpc) is 3.30. The largest absolute Gasteiger partial charge is 0.466 e. The first-order valence-electron chi connectivity index (χ1n) is 10.3. The Kier molecular flexibility index (Phi) is 3.90. The van der Waals surface area contributed by atoms with Crippen molar-refractivity contribution in [2.24, 2.45) is 17.8 Å². The van der Waals surface area contributed by atoms with Gasteiger partial charge in [0.25, 0.3) is 5.91 Å². The fourth-order valence-corrected chi connectivity index (χ4v) is 5.71. The van der Waals surface area contributed by atoms with Crippen molar-refractivity contribution in [1.82, 2.24) is 10.2 Å². The lowest BCUT2D eigenvalue weighted by atomic mass is 9.73. The average molecular weight is 372 g/mol. The van der Waals surface area contributed by atoms with E-state index in [1.54, 1.807) is 6.07 Å². The molecule has 0 unspecified atom stereocenters. The molecule has 1 saturated carbocycles. The van der Waals surface area contributed by atoms with Crippen LogP contribution in [-0.2, 0) is 9.53 Å². The fourth-order valence-electron chi connectivity index (χ4n) is 5.71. The Balaban J connectivity index is 1.26. The van der Waals surface area contributed by atoms with E-state index >= 15 is 0 Å². The van der Waals surface area contributed by atoms with Crippen LogP contribution in [0.3, 0.4) is 0 Å². The number of hydrogen-bond donors (Lipinski definition) is 1. The van der Waals surface area contributed by atoms with Gasteiger partial charge in [0, 0.05) is 30.8 Å². The lowest BCUT2D eigenvalue weighted by molar-refractivity contribution is -0.138. The number of likely N-dealkylation sites (tertiary alicyclic amines) is 1. The molecule has 6 heteroatoms. The zero-order valence-corrected chi connectivity index (χ0v) is 16.1. The molecule has 4 heterocycles. The molecule has 27 heavy (non-hydrogen) atoms. The number of nitrogens with one attached hydrogen (secondary N) is 1. The van der Waals surface area contributed by atoms with Crippen LogP contribution in [0.5, 0.6) is 0 Å². The molecule has 1 aromatic rings. The number of fused-ring (bicyclic) bond motifs is 1. The Morgan fingerprint density at radius 3 is 2.78 bits per heavy atom. The van der Waals surface area contributed by atoms with Crippen molar-refractivity contribution in [3.63, 3.8) is 0 Å². The molecule has 1 N–H and O–H groups in total. The van der Waals surface area contributed by atoms with Crippen molar-refractivity contribution in [3.8, 4) is 0 Å². The molecule has 4 fully saturated rings. The van der Waals surface area contributed by atoms with Gasteiger partial charge in [-0.25, -0.2) is 0 Å². The second-order valence-corrected chi connectivity index (χ2v) is 8.91. The van der Waals surface area contributed by atoms with Crippen molar-refractivity contribution < 1.29 is 18.7 Å². The van der Waals surface area contributed by atoms with Gasteiger partial charge in [0.15, 0.2) is 0 Å². The molecule has 0 aromatic carbocycles. The predicted molar refractivity (Wildman–Crippen MR) is 98.3 cm³/mol. The van der Waals surface area contributed by atoms with Gasteiger partial charge in [-0.2, -0.15) is 0 Å². The van der Waals surface area contributed by atoms with E-state index in [0.29, 0.717) is 29.7 Å². The number of carbonyl (C=O) groups is 2. The van der Waals surface area contributed by atoms with Gasteiger partial charge >= 0.3 is 0 Å². The van der Waals surface area contributed by atoms with Crippen LogP contribution >= 0.6 is 0 Å². The van der Waals surface area contributed by atoms with Crippen molar-refractivity contribution in [3.05, 3.63) is 23.2 Å². The quantitative estimate of drug-likeness (QED) is 0.881. The molecule has 146 valence electrons. The smallest absolute Gasteiger partial charge is 0.254 e. The summed E-state index contributed by atoms with van der Waals surface area (Å²) in [7, 11) is 0. The minimum absolute atomic E-state index is 0.0819. The summed E-state index contributed by atoms with van der Waals surface area (Å²) in [5.74, 6) is 2.52. The molecule has 2 bridgehead atoms. The highest BCUT2D eigenvalue weighted by Crippen LogP contribution is 2.55. The maximum absolute atomic E-state index is 12.7. The standard InChI is InChI=1S/C21H28N2O4/c1-12-8-15(13(2)26-12)19(24)22-9-16-17-10-23(20(25)14-4-3-5-14)11-21(17)7-6-18(16)27-21/h8,14,16-18H,3-7,9-11H2,1-2H3,(H,22,24)/t16-,17+,18+,21+/m0/s1. The summed E-state index contributed by atoms with van der Waals surface area (Å²) in [6, 6.07) is 1.79. The van der Waals surface area contributed by atoms with Gasteiger partial charge in [0.1, 0.15) is 11.5 Å². The van der Waals surface area contributed by atoms with E-state index in [1.165, 1.54) is 6.42 Å². The molecule has 2 amide bonds. The summed E-state index contributed by atoms with van der Waals surface area (Å²) in [5, 5.41) is 3.10. The number of ether oxygens (including phenoxy) is 1. The predicted octanol–water partition coefficient (Wildman–Crippen LogP) is 2.43. The third-order valence-corrected chi connectivity index (χ3v) is 7.33. The van der Waals surface area contributed by atoms with E-state index in [4.69, 9.17) is 9.15 Å². The normalized spacial score (nSPS) is 34.6. The summed E-state index contributed by atoms with van der Waals surface area (Å²) < 4.78 is 11.9. The first-order chi connectivity index (χ1) is 13.0. The van der Waals surface area contributed by atoms with Crippen LogP contribution in [0.2, 0.25) is 0 Å². The second-order valence-electron chi connectivity index (χ2n) is 8.91. The van der Waals surface area contributed by atoms with E-state index in [9.17, 15) is 9.59 Å². The van der Waals surface area contributed by atoms with Crippen LogP contribution < -0.4 is 5.32 Å². The molecule has 3 aliphatic heterocycles. The summed E-state index contributed by atoms with van der Waals surface area (Å²) in [6.07, 6.45) is 5.55. The van der Waals surface area contributed by atoms with Crippen LogP contribution in [0.25, 0.3) is 0 Å². The van der Waals surface area contributed by atoms with Gasteiger partial charge in [-0.3, -0.25) is 9.59 Å². The second kappa shape index (κ2) is 6.09. The number of nitrogens with zero attached hydrogens (tertiary/aromatic N) is 1. The molecular weight excluding hydrogens is 344 g/mol. The number of carbonyl (C=O) groups excluding carboxylic acids is 2. The first-order valence-corrected chi connectivity index (χ1v) is 10.3. The van der Waals surface area contributed by atoms with E-state index in [-0.39, 0.29) is 29.4 Å². The SMILES string of the molecule is Cc1cc(C(=O)NC[C@H]2[C@H]3CN(C(=O)C4CCC4)C[C@]34CC[C@H]2O4)c(C)o1. The van der Waals surface area contributed by atoms with Gasteiger partial charge < -0.3 is 19.4 Å². The van der Waals surface area contributed by atoms with Crippen molar-refractivity contribution in [1.29, 1.82) is 0 Å². The van der Waals surface area contributed by atoms with Crippen molar-refractivity contribution in [2.45, 2.75) is 57.7 Å². The zero-order valence-electron chi connectivity index (χ0n) is 16.1. The zero-order chi connectivity index (χ0) is 18.8. The topological polar surface area (TPSA) is 71.8 Å². The highest BCUT2D eigenvalue weighted by molar-refractivity contribution is 5.95. The third kappa shape index (κ3) is 2.64. The molecule has 5 rings (SSSR count). The van der Waals surface area contributed by atoms with Crippen LogP contribution in [0, 0.1) is 31.6 Å². The summed E-state index contributed by atoms with van der Waals surface area (Å²) in [5.41, 5.74) is 0.446. The number of amides is 2. The van der Waals surface area contributed by atoms with Gasteiger partial charge in [0.2, 0.25) is 5.91 Å². The van der Waals surface area contributed by atoms with E-state index < -0.39 is 0 Å². The summed E-state index contributed by atoms with van der Waals surface area (Å²) >= 11 is 0. The number of aryl methyl sites for hydroxylation is 2.